The average Bonchev–Trinajstić information content (AvgIpc) is 3.92. The topological polar surface area (TPSA) is 155 Å². The second-order valence-corrected chi connectivity index (χ2v) is 17.6. The number of Topliss-reactive ketones (excluding diaryl/α,β-unsaturated/α-hetero) is 2. The number of rotatable bonds is 8. The van der Waals surface area contributed by atoms with Crippen LogP contribution in [0.5, 0.6) is 28.7 Å². The van der Waals surface area contributed by atoms with Gasteiger partial charge >= 0.3 is 5.97 Å². The van der Waals surface area contributed by atoms with Gasteiger partial charge in [0.2, 0.25) is 5.75 Å². The Hall–Kier alpha value is -6.95. The second-order valence-electron chi connectivity index (χ2n) is 17.6. The number of methoxy groups -OCH3 is 1. The highest BCUT2D eigenvalue weighted by molar-refractivity contribution is 5.95. The van der Waals surface area contributed by atoms with E-state index in [4.69, 9.17) is 14.2 Å². The number of dihydropyridines is 1. The minimum atomic E-state index is -0.665. The molecule has 0 fully saturated rings. The molecule has 0 unspecified atom stereocenters. The molecule has 2 aliphatic heterocycles. The SMILES string of the molecule is COc1cc([C@@H]2CC(=O)C[C@H](OC(C)=O)CC[C@@]3(C=CC=C[C@H]3C)Cc3c[nH]cc3CCC3=CCNC(=C3)N(CCC(C)=O)c3cccc4cn2cc34)cc(O)c1Oc1cccc(O)c1. The molecule has 65 heavy (non-hydrogen) atoms. The maximum Gasteiger partial charge on any atom is 0.302 e. The summed E-state index contributed by atoms with van der Waals surface area (Å²) in [6.07, 6.45) is 24.6. The van der Waals surface area contributed by atoms with Gasteiger partial charge in [-0.3, -0.25) is 14.4 Å². The van der Waals surface area contributed by atoms with Gasteiger partial charge in [0.15, 0.2) is 11.5 Å². The Morgan fingerprint density at radius 2 is 1.80 bits per heavy atom. The van der Waals surface area contributed by atoms with Crippen LogP contribution in [-0.2, 0) is 32.0 Å². The molecule has 5 aromatic rings. The van der Waals surface area contributed by atoms with Crippen LogP contribution in [0.3, 0.4) is 0 Å². The molecule has 338 valence electrons. The lowest BCUT2D eigenvalue weighted by molar-refractivity contribution is -0.148. The highest BCUT2D eigenvalue weighted by Crippen LogP contribution is 2.46. The van der Waals surface area contributed by atoms with Crippen LogP contribution in [0.1, 0.15) is 82.0 Å². The van der Waals surface area contributed by atoms with Crippen LogP contribution in [0.15, 0.2) is 127 Å². The number of phenolic OH excluding ortho intramolecular Hbond substituents is 2. The zero-order chi connectivity index (χ0) is 45.7. The zero-order valence-electron chi connectivity index (χ0n) is 37.5. The number of aromatic amines is 1. The van der Waals surface area contributed by atoms with Crippen LogP contribution >= 0.6 is 0 Å². The first kappa shape index (κ1) is 44.6. The molecule has 4 heterocycles. The van der Waals surface area contributed by atoms with E-state index in [1.165, 1.54) is 42.9 Å². The largest absolute Gasteiger partial charge is 0.508 e. The monoisotopic (exact) mass is 878 g/mol. The van der Waals surface area contributed by atoms with Gasteiger partial charge in [-0.2, -0.15) is 0 Å². The van der Waals surface area contributed by atoms with Crippen molar-refractivity contribution >= 4 is 34.0 Å². The molecule has 12 heteroatoms. The van der Waals surface area contributed by atoms with Gasteiger partial charge in [0.25, 0.3) is 0 Å². The minimum Gasteiger partial charge on any atom is -0.508 e. The number of nitrogens with one attached hydrogen (secondary N) is 2. The summed E-state index contributed by atoms with van der Waals surface area (Å²) in [6.45, 7) is 6.30. The van der Waals surface area contributed by atoms with Gasteiger partial charge in [-0.05, 0) is 109 Å². The van der Waals surface area contributed by atoms with Crippen LogP contribution in [0.25, 0.3) is 10.8 Å². The number of benzene rings is 3. The summed E-state index contributed by atoms with van der Waals surface area (Å²) in [5.41, 5.74) is 4.87. The van der Waals surface area contributed by atoms with Crippen molar-refractivity contribution in [2.45, 2.75) is 84.3 Å². The molecule has 4 N–H and O–H groups in total. The third-order valence-corrected chi connectivity index (χ3v) is 13.1. The van der Waals surface area contributed by atoms with E-state index in [1.807, 2.05) is 35.2 Å². The molecule has 4 atom stereocenters. The number of anilines is 1. The Balaban J connectivity index is 1.25. The van der Waals surface area contributed by atoms with Gasteiger partial charge in [-0.15, -0.1) is 0 Å². The Labute approximate surface area is 379 Å². The van der Waals surface area contributed by atoms with Crippen molar-refractivity contribution in [3.05, 3.63) is 144 Å². The van der Waals surface area contributed by atoms with E-state index in [0.717, 1.165) is 41.5 Å². The average molecular weight is 879 g/mol. The summed E-state index contributed by atoms with van der Waals surface area (Å²) in [5.74, 6) is 0.938. The maximum absolute atomic E-state index is 14.6. The van der Waals surface area contributed by atoms with Gasteiger partial charge in [0.1, 0.15) is 35.0 Å². The smallest absolute Gasteiger partial charge is 0.302 e. The Bertz CT molecular complexity index is 2700. The van der Waals surface area contributed by atoms with Crippen molar-refractivity contribution in [2.75, 3.05) is 25.1 Å². The summed E-state index contributed by atoms with van der Waals surface area (Å²) in [6, 6.07) is 15.0. The van der Waals surface area contributed by atoms with Crippen molar-refractivity contribution in [1.29, 1.82) is 0 Å². The summed E-state index contributed by atoms with van der Waals surface area (Å²) in [5, 5.41) is 27.1. The van der Waals surface area contributed by atoms with Crippen molar-refractivity contribution in [1.82, 2.24) is 14.9 Å². The van der Waals surface area contributed by atoms with Gasteiger partial charge in [-0.1, -0.05) is 55.5 Å². The molecule has 2 aromatic heterocycles. The van der Waals surface area contributed by atoms with E-state index in [-0.39, 0.29) is 58.7 Å². The number of allylic oxidation sites excluding steroid dienone is 6. The number of ether oxygens (including phenoxy) is 3. The number of H-pyrrole nitrogens is 1. The fourth-order valence-corrected chi connectivity index (χ4v) is 9.58. The molecule has 1 aliphatic carbocycles. The number of carbonyl (C=O) groups is 3. The molecule has 0 amide bonds. The van der Waals surface area contributed by atoms with Crippen molar-refractivity contribution in [3.63, 3.8) is 0 Å². The number of esters is 1. The van der Waals surface area contributed by atoms with Crippen molar-refractivity contribution in [2.24, 2.45) is 11.3 Å². The number of fused-ring (bicyclic) bond motifs is 3. The molecule has 3 aromatic carbocycles. The second kappa shape index (κ2) is 19.4. The summed E-state index contributed by atoms with van der Waals surface area (Å²) in [4.78, 5) is 45.4. The fourth-order valence-electron chi connectivity index (χ4n) is 9.58. The molecule has 0 saturated heterocycles. The number of nitrogens with zero attached hydrogens (tertiary/aromatic N) is 2. The Morgan fingerprint density at radius 3 is 2.58 bits per heavy atom. The molecular weight excluding hydrogens is 821 g/mol. The van der Waals surface area contributed by atoms with Gasteiger partial charge in [-0.25, -0.2) is 0 Å². The van der Waals surface area contributed by atoms with Crippen LogP contribution in [0, 0.1) is 11.3 Å². The number of aryl methyl sites for hydroxylation is 1. The van der Waals surface area contributed by atoms with Crippen LogP contribution in [-0.4, -0.2) is 63.6 Å². The Kier molecular flexibility index (Phi) is 13.3. The van der Waals surface area contributed by atoms with E-state index in [9.17, 15) is 24.6 Å². The van der Waals surface area contributed by atoms with Gasteiger partial charge in [0, 0.05) is 80.9 Å². The van der Waals surface area contributed by atoms with Crippen molar-refractivity contribution < 1.29 is 38.8 Å². The number of aromatic nitrogens is 2. The first-order valence-corrected chi connectivity index (χ1v) is 22.5. The van der Waals surface area contributed by atoms with Gasteiger partial charge in [0.05, 0.1) is 18.8 Å². The maximum atomic E-state index is 14.6. The van der Waals surface area contributed by atoms with E-state index in [2.05, 4.69) is 71.0 Å². The minimum absolute atomic E-state index is 0.000169. The highest BCUT2D eigenvalue weighted by Gasteiger charge is 2.36. The van der Waals surface area contributed by atoms with E-state index in [0.29, 0.717) is 43.7 Å². The number of phenols is 2. The van der Waals surface area contributed by atoms with Crippen molar-refractivity contribution in [3.8, 4) is 28.7 Å². The highest BCUT2D eigenvalue weighted by atomic mass is 16.5. The molecular formula is C53H58N4O8. The number of aromatic hydroxyl groups is 2. The molecule has 0 radical (unpaired) electrons. The molecule has 4 bridgehead atoms. The summed E-state index contributed by atoms with van der Waals surface area (Å²) >= 11 is 0. The van der Waals surface area contributed by atoms with E-state index >= 15 is 0 Å². The van der Waals surface area contributed by atoms with Gasteiger partial charge < -0.3 is 44.2 Å². The molecule has 1 spiro atoms. The zero-order valence-corrected chi connectivity index (χ0v) is 37.5. The molecule has 8 rings (SSSR count). The first-order chi connectivity index (χ1) is 31.4. The molecule has 0 saturated carbocycles. The summed E-state index contributed by atoms with van der Waals surface area (Å²) in [7, 11) is 1.47. The standard InChI is InChI=1S/C53H58N4O8/c1-34-9-5-6-19-53(34)20-16-45(64-36(3)59)27-43(61)28-48(40-24-49(62)52(50(25-40)63-4)65-44-12-8-11-42(60)26-44)56-32-39-10-7-13-47(46(39)33-56)57(22-18-35(2)58)51-23-37(17-21-55-51)14-15-38-30-54-31-41(38)29-53/h5-13,17,19,23-26,30-34,45,48,54-55,60,62H,14-16,18,20-22,27-29H2,1-4H3/t34-,45-,48+,53+/m1/s1. The first-order valence-electron chi connectivity index (χ1n) is 22.5. The van der Waals surface area contributed by atoms with E-state index in [1.54, 1.807) is 31.2 Å². The predicted octanol–water partition coefficient (Wildman–Crippen LogP) is 9.93. The predicted molar refractivity (Wildman–Crippen MR) is 251 cm³/mol. The third kappa shape index (κ3) is 10.2. The molecule has 12 nitrogen and oxygen atoms in total. The third-order valence-electron chi connectivity index (χ3n) is 13.1. The normalized spacial score (nSPS) is 21.5. The lowest BCUT2D eigenvalue weighted by Crippen LogP contribution is -2.35. The number of hydrogen-bond acceptors (Lipinski definition) is 10. The van der Waals surface area contributed by atoms with Crippen LogP contribution in [0.4, 0.5) is 5.69 Å². The number of hydrogen-bond donors (Lipinski definition) is 4. The Morgan fingerprint density at radius 1 is 0.969 bits per heavy atom. The molecule has 3 aliphatic rings. The van der Waals surface area contributed by atoms with Crippen LogP contribution in [0.2, 0.25) is 0 Å². The lowest BCUT2D eigenvalue weighted by atomic mass is 9.66. The quantitative estimate of drug-likeness (QED) is 0.111. The van der Waals surface area contributed by atoms with Crippen LogP contribution < -0.4 is 19.7 Å². The number of ketones is 2. The van der Waals surface area contributed by atoms with E-state index < -0.39 is 18.1 Å². The number of carbonyl (C=O) groups excluding carboxylic acids is 3. The summed E-state index contributed by atoms with van der Waals surface area (Å²) < 4.78 is 19.8. The lowest BCUT2D eigenvalue weighted by Gasteiger charge is -2.38. The fraction of sp³-hybridized carbons (Fsp3) is 0.340.